The Kier molecular flexibility index (Phi) is 6.58. The number of fused-ring (bicyclic) bond motifs is 10. The molecule has 2 aliphatic rings. The van der Waals surface area contributed by atoms with Gasteiger partial charge in [0.25, 0.3) is 5.69 Å². The average Bonchev–Trinajstić information content (AvgIpc) is 2.71. The minimum atomic E-state index is -0.475. The van der Waals surface area contributed by atoms with Crippen molar-refractivity contribution >= 4 is 11.7 Å². The summed E-state index contributed by atoms with van der Waals surface area (Å²) in [7, 11) is 0. The first kappa shape index (κ1) is 19.1. The Hall–Kier alpha value is -2.69. The second-order valence-electron chi connectivity index (χ2n) is 7.14. The molecular weight excluding hydrogens is 342 g/mol. The fourth-order valence-electron chi connectivity index (χ4n) is 3.49. The molecule has 5 heteroatoms. The number of nitrogens with zero attached hydrogens (tertiary/aromatic N) is 1. The van der Waals surface area contributed by atoms with Gasteiger partial charge in [-0.3, -0.25) is 10.1 Å². The van der Waals surface area contributed by atoms with Crippen molar-refractivity contribution in [3.05, 3.63) is 75.3 Å². The van der Waals surface area contributed by atoms with E-state index in [0.29, 0.717) is 5.56 Å². The summed E-state index contributed by atoms with van der Waals surface area (Å²) < 4.78 is 5.73. The fraction of sp³-hybridized carbons (Fsp3) is 0.409. The van der Waals surface area contributed by atoms with Crippen molar-refractivity contribution in [1.29, 1.82) is 0 Å². The van der Waals surface area contributed by atoms with Crippen molar-refractivity contribution in [2.45, 2.75) is 57.5 Å². The number of nitro benzene ring substituents is 1. The van der Waals surface area contributed by atoms with E-state index in [9.17, 15) is 14.9 Å². The molecule has 0 spiro atoms. The largest absolute Gasteiger partial charge is 0.459 e. The van der Waals surface area contributed by atoms with E-state index >= 15 is 0 Å². The standard InChI is InChI=1S/C22H25NO4/c24-22(19-13-15-20(16-14-19)23(25)26)27-21-7-3-1-2-5-17-9-11-18(12-10-17)6-4-8-21/h9-16,21H,1-8H2. The molecule has 5 nitrogen and oxygen atoms in total. The van der Waals surface area contributed by atoms with Crippen LogP contribution in [0, 0.1) is 10.1 Å². The maximum absolute atomic E-state index is 12.4. The fourth-order valence-corrected chi connectivity index (χ4v) is 3.49. The molecule has 27 heavy (non-hydrogen) atoms. The van der Waals surface area contributed by atoms with Gasteiger partial charge in [-0.25, -0.2) is 4.79 Å². The predicted octanol–water partition coefficient (Wildman–Crippen LogP) is 5.26. The van der Waals surface area contributed by atoms with Crippen LogP contribution in [-0.2, 0) is 17.6 Å². The van der Waals surface area contributed by atoms with E-state index in [4.69, 9.17) is 4.74 Å². The lowest BCUT2D eigenvalue weighted by molar-refractivity contribution is -0.384. The molecular formula is C22H25NO4. The maximum atomic E-state index is 12.4. The topological polar surface area (TPSA) is 69.4 Å². The van der Waals surface area contributed by atoms with Gasteiger partial charge in [0.2, 0.25) is 0 Å². The van der Waals surface area contributed by atoms with Crippen molar-refractivity contribution in [1.82, 2.24) is 0 Å². The number of benzene rings is 2. The highest BCUT2D eigenvalue weighted by atomic mass is 16.6. The normalized spacial score (nSPS) is 18.0. The van der Waals surface area contributed by atoms with Gasteiger partial charge >= 0.3 is 5.97 Å². The Labute approximate surface area is 159 Å². The van der Waals surface area contributed by atoms with E-state index in [1.54, 1.807) is 0 Å². The molecule has 2 bridgehead atoms. The lowest BCUT2D eigenvalue weighted by Crippen LogP contribution is -2.19. The zero-order valence-electron chi connectivity index (χ0n) is 15.4. The summed E-state index contributed by atoms with van der Waals surface area (Å²) >= 11 is 0. The van der Waals surface area contributed by atoms with Gasteiger partial charge in [0, 0.05) is 12.1 Å². The quantitative estimate of drug-likeness (QED) is 0.421. The Morgan fingerprint density at radius 3 is 2.07 bits per heavy atom. The summed E-state index contributed by atoms with van der Waals surface area (Å²) in [6.07, 6.45) is 7.93. The van der Waals surface area contributed by atoms with Gasteiger partial charge in [-0.1, -0.05) is 30.7 Å². The Bertz CT molecular complexity index is 768. The molecule has 0 radical (unpaired) electrons. The van der Waals surface area contributed by atoms with Crippen LogP contribution in [0.25, 0.3) is 0 Å². The molecule has 0 N–H and O–H groups in total. The lowest BCUT2D eigenvalue weighted by Gasteiger charge is -2.18. The number of hydrogen-bond donors (Lipinski definition) is 0. The first-order valence-electron chi connectivity index (χ1n) is 9.65. The highest BCUT2D eigenvalue weighted by Gasteiger charge is 2.17. The minimum absolute atomic E-state index is 0.0282. The van der Waals surface area contributed by atoms with Crippen molar-refractivity contribution in [2.24, 2.45) is 0 Å². The Morgan fingerprint density at radius 2 is 1.44 bits per heavy atom. The van der Waals surface area contributed by atoms with Gasteiger partial charge in [-0.2, -0.15) is 0 Å². The average molecular weight is 367 g/mol. The van der Waals surface area contributed by atoms with Gasteiger partial charge in [-0.05, 0) is 68.2 Å². The molecule has 0 heterocycles. The number of carbonyl (C=O) groups excluding carboxylic acids is 1. The SMILES string of the molecule is O=C(OC1CCCCCc2ccc(cc2)CCC1)c1ccc([N+](=O)[O-])cc1. The third-order valence-electron chi connectivity index (χ3n) is 5.09. The minimum Gasteiger partial charge on any atom is -0.459 e. The zero-order valence-corrected chi connectivity index (χ0v) is 15.4. The molecule has 2 aromatic rings. The molecule has 142 valence electrons. The molecule has 1 atom stereocenters. The van der Waals surface area contributed by atoms with E-state index in [0.717, 1.165) is 51.4 Å². The second kappa shape index (κ2) is 9.31. The molecule has 0 fully saturated rings. The number of esters is 1. The molecule has 0 aliphatic heterocycles. The van der Waals surface area contributed by atoms with Gasteiger partial charge in [0.1, 0.15) is 6.10 Å². The van der Waals surface area contributed by atoms with Crippen LogP contribution in [0.3, 0.4) is 0 Å². The van der Waals surface area contributed by atoms with Crippen LogP contribution in [0.1, 0.15) is 60.0 Å². The summed E-state index contributed by atoms with van der Waals surface area (Å²) in [5.74, 6) is -0.400. The van der Waals surface area contributed by atoms with Gasteiger partial charge in [0.05, 0.1) is 10.5 Å². The van der Waals surface area contributed by atoms with Crippen LogP contribution in [0.2, 0.25) is 0 Å². The lowest BCUT2D eigenvalue weighted by atomic mass is 10.0. The van der Waals surface area contributed by atoms with Crippen LogP contribution in [0.5, 0.6) is 0 Å². The van der Waals surface area contributed by atoms with E-state index in [-0.39, 0.29) is 11.8 Å². The van der Waals surface area contributed by atoms with E-state index in [1.807, 2.05) is 0 Å². The van der Waals surface area contributed by atoms with E-state index in [2.05, 4.69) is 24.3 Å². The molecule has 0 saturated carbocycles. The number of ether oxygens (including phenoxy) is 1. The summed E-state index contributed by atoms with van der Waals surface area (Å²) in [6.45, 7) is 0. The molecule has 0 amide bonds. The summed E-state index contributed by atoms with van der Waals surface area (Å²) in [6, 6.07) is 14.4. The highest BCUT2D eigenvalue weighted by molar-refractivity contribution is 5.89. The monoisotopic (exact) mass is 367 g/mol. The van der Waals surface area contributed by atoms with Crippen molar-refractivity contribution < 1.29 is 14.5 Å². The smallest absolute Gasteiger partial charge is 0.338 e. The van der Waals surface area contributed by atoms with Crippen LogP contribution in [-0.4, -0.2) is 17.0 Å². The molecule has 4 rings (SSSR count). The molecule has 2 aliphatic carbocycles. The summed E-state index contributed by atoms with van der Waals surface area (Å²) in [5, 5.41) is 10.7. The number of aryl methyl sites for hydroxylation is 2. The number of rotatable bonds is 3. The van der Waals surface area contributed by atoms with Crippen molar-refractivity contribution in [3.8, 4) is 0 Å². The first-order chi connectivity index (χ1) is 13.1. The summed E-state index contributed by atoms with van der Waals surface area (Å²) in [4.78, 5) is 22.7. The Morgan fingerprint density at radius 1 is 0.852 bits per heavy atom. The predicted molar refractivity (Wildman–Crippen MR) is 104 cm³/mol. The molecule has 0 saturated heterocycles. The van der Waals surface area contributed by atoms with Crippen LogP contribution >= 0.6 is 0 Å². The number of nitro groups is 1. The number of carbonyl (C=O) groups is 1. The second-order valence-corrected chi connectivity index (χ2v) is 7.14. The molecule has 2 aromatic carbocycles. The van der Waals surface area contributed by atoms with Gasteiger partial charge < -0.3 is 4.74 Å². The third-order valence-corrected chi connectivity index (χ3v) is 5.09. The number of non-ortho nitro benzene ring substituents is 1. The van der Waals surface area contributed by atoms with E-state index in [1.165, 1.54) is 35.4 Å². The van der Waals surface area contributed by atoms with Gasteiger partial charge in [-0.15, -0.1) is 0 Å². The first-order valence-corrected chi connectivity index (χ1v) is 9.65. The third kappa shape index (κ3) is 5.64. The van der Waals surface area contributed by atoms with Gasteiger partial charge in [0.15, 0.2) is 0 Å². The van der Waals surface area contributed by atoms with Crippen molar-refractivity contribution in [3.63, 3.8) is 0 Å². The summed E-state index contributed by atoms with van der Waals surface area (Å²) in [5.41, 5.74) is 3.04. The van der Waals surface area contributed by atoms with Crippen LogP contribution in [0.15, 0.2) is 48.5 Å². The molecule has 1 unspecified atom stereocenters. The maximum Gasteiger partial charge on any atom is 0.338 e. The van der Waals surface area contributed by atoms with Crippen LogP contribution in [0.4, 0.5) is 5.69 Å². The van der Waals surface area contributed by atoms with Crippen LogP contribution < -0.4 is 0 Å². The molecule has 0 aromatic heterocycles. The highest BCUT2D eigenvalue weighted by Crippen LogP contribution is 2.20. The number of hydrogen-bond acceptors (Lipinski definition) is 4. The Balaban J connectivity index is 1.60. The van der Waals surface area contributed by atoms with Crippen molar-refractivity contribution in [2.75, 3.05) is 0 Å². The zero-order chi connectivity index (χ0) is 19.1. The van der Waals surface area contributed by atoms with E-state index < -0.39 is 10.9 Å².